The minimum absolute atomic E-state index is 0.869. The average molecular weight is 290 g/mol. The molecular weight excluding hydrogens is 271 g/mol. The van der Waals surface area contributed by atoms with Crippen molar-refractivity contribution in [2.75, 3.05) is 7.11 Å². The first-order chi connectivity index (χ1) is 10.8. The molecule has 0 aliphatic carbocycles. The highest BCUT2D eigenvalue weighted by atomic mass is 16.5. The molecule has 0 saturated carbocycles. The van der Waals surface area contributed by atoms with Crippen molar-refractivity contribution in [1.29, 1.82) is 0 Å². The minimum atomic E-state index is 0.869. The second-order valence-corrected chi connectivity index (χ2v) is 4.70. The summed E-state index contributed by atoms with van der Waals surface area (Å²) < 4.78 is 10.6. The van der Waals surface area contributed by atoms with Crippen LogP contribution in [-0.4, -0.2) is 15.0 Å². The Kier molecular flexibility index (Phi) is 6.12. The zero-order valence-corrected chi connectivity index (χ0v) is 12.9. The molecule has 0 fully saturated rings. The van der Waals surface area contributed by atoms with Gasteiger partial charge in [0, 0.05) is 0 Å². The molecule has 0 saturated heterocycles. The van der Waals surface area contributed by atoms with Crippen molar-refractivity contribution in [2.45, 2.75) is 0 Å². The van der Waals surface area contributed by atoms with Gasteiger partial charge in [0.1, 0.15) is 25.1 Å². The maximum atomic E-state index is 5.58. The van der Waals surface area contributed by atoms with E-state index in [2.05, 4.69) is 0 Å². The molecule has 22 heavy (non-hydrogen) atoms. The van der Waals surface area contributed by atoms with E-state index in [1.807, 2.05) is 92.8 Å². The number of ether oxygens (including phenoxy) is 2. The first kappa shape index (κ1) is 15.7. The average Bonchev–Trinajstić information content (AvgIpc) is 2.58. The second-order valence-electron chi connectivity index (χ2n) is 4.70. The zero-order valence-electron chi connectivity index (χ0n) is 12.9. The summed E-state index contributed by atoms with van der Waals surface area (Å²) in [5.41, 5.74) is 1.18. The lowest BCUT2D eigenvalue weighted by molar-refractivity contribution is 0.418. The van der Waals surface area contributed by atoms with Gasteiger partial charge in [-0.05, 0) is 35.8 Å². The van der Waals surface area contributed by atoms with E-state index in [9.17, 15) is 0 Å². The molecular formula is C19H19BO2. The van der Waals surface area contributed by atoms with Crippen molar-refractivity contribution in [2.24, 2.45) is 0 Å². The fourth-order valence-electron chi connectivity index (χ4n) is 1.90. The van der Waals surface area contributed by atoms with E-state index in [0.717, 1.165) is 17.2 Å². The molecule has 3 aromatic rings. The summed E-state index contributed by atoms with van der Waals surface area (Å²) in [5, 5.41) is 0. The number of rotatable bonds is 3. The van der Waals surface area contributed by atoms with Crippen LogP contribution in [0.25, 0.3) is 0 Å². The Morgan fingerprint density at radius 2 is 1.09 bits per heavy atom. The van der Waals surface area contributed by atoms with E-state index >= 15 is 0 Å². The molecule has 2 nitrogen and oxygen atoms in total. The van der Waals surface area contributed by atoms with Crippen molar-refractivity contribution in [3.05, 3.63) is 84.9 Å². The van der Waals surface area contributed by atoms with Gasteiger partial charge in [0.15, 0.2) is 0 Å². The van der Waals surface area contributed by atoms with Crippen LogP contribution in [0.2, 0.25) is 0 Å². The summed E-state index contributed by atoms with van der Waals surface area (Å²) in [6.45, 7) is 0. The maximum absolute atomic E-state index is 5.58. The van der Waals surface area contributed by atoms with E-state index in [1.54, 1.807) is 7.11 Å². The number of benzene rings is 3. The fraction of sp³-hybridized carbons (Fsp3) is 0.0526. The monoisotopic (exact) mass is 290 g/mol. The van der Waals surface area contributed by atoms with Crippen LogP contribution >= 0.6 is 0 Å². The van der Waals surface area contributed by atoms with Crippen LogP contribution in [0.4, 0.5) is 0 Å². The summed E-state index contributed by atoms with van der Waals surface area (Å²) in [7, 11) is 3.71. The summed E-state index contributed by atoms with van der Waals surface area (Å²) in [4.78, 5) is 0. The lowest BCUT2D eigenvalue weighted by Gasteiger charge is -2.03. The van der Waals surface area contributed by atoms with Crippen molar-refractivity contribution < 1.29 is 9.47 Å². The predicted molar refractivity (Wildman–Crippen MR) is 94.1 cm³/mol. The fourth-order valence-corrected chi connectivity index (χ4v) is 1.90. The van der Waals surface area contributed by atoms with Gasteiger partial charge in [-0.3, -0.25) is 0 Å². The highest BCUT2D eigenvalue weighted by Gasteiger charge is 1.92. The van der Waals surface area contributed by atoms with E-state index in [-0.39, 0.29) is 0 Å². The lowest BCUT2D eigenvalue weighted by Crippen LogP contribution is -2.05. The molecule has 0 aliphatic rings. The molecule has 0 amide bonds. The molecule has 3 aromatic carbocycles. The Hall–Kier alpha value is -2.68. The van der Waals surface area contributed by atoms with Gasteiger partial charge >= 0.3 is 0 Å². The first-order valence-electron chi connectivity index (χ1n) is 7.17. The van der Waals surface area contributed by atoms with Gasteiger partial charge in [-0.1, -0.05) is 54.6 Å². The Labute approximate surface area is 132 Å². The standard InChI is InChI=1S/C12H10O.C7H9BO/c1-3-7-11(8-4-1)13-12-9-5-2-6-10-12;1-9-7-5-3-2-4-6(7)8/h1-10H;2-5H,8H2,1H3. The minimum Gasteiger partial charge on any atom is -0.497 e. The topological polar surface area (TPSA) is 18.5 Å². The Morgan fingerprint density at radius 1 is 0.636 bits per heavy atom. The predicted octanol–water partition coefficient (Wildman–Crippen LogP) is 3.43. The summed E-state index contributed by atoms with van der Waals surface area (Å²) in [5.74, 6) is 2.69. The van der Waals surface area contributed by atoms with E-state index in [4.69, 9.17) is 9.47 Å². The van der Waals surface area contributed by atoms with E-state index < -0.39 is 0 Å². The summed E-state index contributed by atoms with van der Waals surface area (Å²) >= 11 is 0. The highest BCUT2D eigenvalue weighted by Crippen LogP contribution is 2.19. The summed E-state index contributed by atoms with van der Waals surface area (Å²) in [6, 6.07) is 27.5. The van der Waals surface area contributed by atoms with Gasteiger partial charge in [-0.15, -0.1) is 0 Å². The van der Waals surface area contributed by atoms with Gasteiger partial charge in [-0.2, -0.15) is 0 Å². The molecule has 0 unspecified atom stereocenters. The van der Waals surface area contributed by atoms with Crippen LogP contribution in [0.5, 0.6) is 17.2 Å². The van der Waals surface area contributed by atoms with Crippen LogP contribution < -0.4 is 14.9 Å². The number of methoxy groups -OCH3 is 1. The number of hydrogen-bond acceptors (Lipinski definition) is 2. The smallest absolute Gasteiger partial charge is 0.144 e. The van der Waals surface area contributed by atoms with Gasteiger partial charge < -0.3 is 9.47 Å². The van der Waals surface area contributed by atoms with Gasteiger partial charge in [0.25, 0.3) is 0 Å². The third-order valence-electron chi connectivity index (χ3n) is 3.04. The van der Waals surface area contributed by atoms with Crippen LogP contribution in [-0.2, 0) is 0 Å². The van der Waals surface area contributed by atoms with E-state index in [0.29, 0.717) is 0 Å². The van der Waals surface area contributed by atoms with Gasteiger partial charge in [0.05, 0.1) is 7.11 Å². The van der Waals surface area contributed by atoms with Crippen LogP contribution in [0.3, 0.4) is 0 Å². The van der Waals surface area contributed by atoms with Gasteiger partial charge in [0.2, 0.25) is 0 Å². The second kappa shape index (κ2) is 8.58. The molecule has 0 radical (unpaired) electrons. The molecule has 0 spiro atoms. The normalized spacial score (nSPS) is 9.32. The third kappa shape index (κ3) is 5.02. The molecule has 0 atom stereocenters. The quantitative estimate of drug-likeness (QED) is 0.688. The molecule has 3 heteroatoms. The van der Waals surface area contributed by atoms with Crippen LogP contribution in [0.1, 0.15) is 0 Å². The van der Waals surface area contributed by atoms with Crippen LogP contribution in [0.15, 0.2) is 84.9 Å². The van der Waals surface area contributed by atoms with Crippen molar-refractivity contribution in [3.63, 3.8) is 0 Å². The van der Waals surface area contributed by atoms with Gasteiger partial charge in [-0.25, -0.2) is 0 Å². The number of para-hydroxylation sites is 3. The molecule has 0 aliphatic heterocycles. The third-order valence-corrected chi connectivity index (χ3v) is 3.04. The molecule has 3 rings (SSSR count). The number of hydrogen-bond donors (Lipinski definition) is 0. The van der Waals surface area contributed by atoms with E-state index in [1.165, 1.54) is 5.46 Å². The SMILES string of the molecule is Bc1ccccc1OC.c1ccc(Oc2ccccc2)cc1. The van der Waals surface area contributed by atoms with Crippen LogP contribution in [0, 0.1) is 0 Å². The van der Waals surface area contributed by atoms with Crippen molar-refractivity contribution in [3.8, 4) is 17.2 Å². The largest absolute Gasteiger partial charge is 0.497 e. The molecule has 0 N–H and O–H groups in total. The summed E-state index contributed by atoms with van der Waals surface area (Å²) in [6.07, 6.45) is 0. The molecule has 110 valence electrons. The highest BCUT2D eigenvalue weighted by molar-refractivity contribution is 6.34. The Morgan fingerprint density at radius 3 is 1.50 bits per heavy atom. The maximum Gasteiger partial charge on any atom is 0.144 e. The zero-order chi connectivity index (χ0) is 15.6. The molecule has 0 heterocycles. The first-order valence-corrected chi connectivity index (χ1v) is 7.17. The molecule has 0 aromatic heterocycles. The molecule has 0 bridgehead atoms. The van der Waals surface area contributed by atoms with Crippen molar-refractivity contribution in [1.82, 2.24) is 0 Å². The Bertz CT molecular complexity index is 632. The Balaban J connectivity index is 0.000000172. The lowest BCUT2D eigenvalue weighted by atomic mass is 9.95. The van der Waals surface area contributed by atoms with Crippen molar-refractivity contribution >= 4 is 13.3 Å².